The van der Waals surface area contributed by atoms with Crippen LogP contribution in [0.5, 0.6) is 23.0 Å². The first-order valence-corrected chi connectivity index (χ1v) is 15.3. The van der Waals surface area contributed by atoms with Crippen LogP contribution in [0.1, 0.15) is 87.1 Å². The minimum Gasteiger partial charge on any atom is -0.508 e. The molecule has 4 aromatic rings. The molecule has 44 heavy (non-hydrogen) atoms. The van der Waals surface area contributed by atoms with E-state index in [-0.39, 0.29) is 29.4 Å². The number of rotatable bonds is 14. The summed E-state index contributed by atoms with van der Waals surface area (Å²) in [4.78, 5) is 24.0. The number of aromatic hydroxyl groups is 2. The minimum atomic E-state index is -0.638. The highest BCUT2D eigenvalue weighted by atomic mass is 16.5. The van der Waals surface area contributed by atoms with Crippen molar-refractivity contribution >= 4 is 11.9 Å². The molecule has 0 aliphatic heterocycles. The lowest BCUT2D eigenvalue weighted by atomic mass is 10.1. The van der Waals surface area contributed by atoms with Crippen LogP contribution < -0.4 is 9.47 Å². The lowest BCUT2D eigenvalue weighted by Gasteiger charge is -2.09. The van der Waals surface area contributed by atoms with Gasteiger partial charge in [0.25, 0.3) is 0 Å². The number of hydrogen-bond donors (Lipinski definition) is 2. The maximum Gasteiger partial charge on any atom is 0.379 e. The van der Waals surface area contributed by atoms with E-state index in [1.165, 1.54) is 24.5 Å². The van der Waals surface area contributed by atoms with Crippen LogP contribution in [0.15, 0.2) is 89.5 Å². The third-order valence-corrected chi connectivity index (χ3v) is 6.22. The Bertz CT molecular complexity index is 1360. The highest BCUT2D eigenvalue weighted by Crippen LogP contribution is 2.26. The number of benzene rings is 3. The Balaban J connectivity index is 0.00000162. The van der Waals surface area contributed by atoms with Crippen molar-refractivity contribution in [2.75, 3.05) is 13.2 Å². The fourth-order valence-electron chi connectivity index (χ4n) is 4.04. The van der Waals surface area contributed by atoms with Crippen LogP contribution in [0.25, 0.3) is 11.1 Å². The highest BCUT2D eigenvalue weighted by Gasteiger charge is 2.13. The van der Waals surface area contributed by atoms with E-state index in [4.69, 9.17) is 18.6 Å². The average Bonchev–Trinajstić information content (AvgIpc) is 3.61. The monoisotopic (exact) mass is 604 g/mol. The molecular formula is C36H44O8. The molecule has 0 spiro atoms. The molecule has 0 saturated heterocycles. The smallest absolute Gasteiger partial charge is 0.379 e. The number of hydrogen-bond acceptors (Lipinski definition) is 8. The maximum atomic E-state index is 12.0. The van der Waals surface area contributed by atoms with Crippen LogP contribution in [0.3, 0.4) is 0 Å². The molecule has 8 heteroatoms. The first-order valence-electron chi connectivity index (χ1n) is 15.3. The number of ether oxygens (including phenoxy) is 3. The van der Waals surface area contributed by atoms with Gasteiger partial charge in [-0.2, -0.15) is 0 Å². The Morgan fingerprint density at radius 3 is 1.82 bits per heavy atom. The van der Waals surface area contributed by atoms with Gasteiger partial charge in [-0.1, -0.05) is 77.6 Å². The van der Waals surface area contributed by atoms with Gasteiger partial charge in [0.15, 0.2) is 0 Å². The fourth-order valence-corrected chi connectivity index (χ4v) is 4.04. The SMILES string of the molecule is CC.CC.O=C(Oc1ccc(-c2ccc(OCCCCCCCCOC(=O)c3cc(O)ccc3O)cc2)cc1)c1ccco1. The quantitative estimate of drug-likeness (QED) is 0.0633. The van der Waals surface area contributed by atoms with E-state index in [9.17, 15) is 19.8 Å². The van der Waals surface area contributed by atoms with Crippen LogP contribution in [0.2, 0.25) is 0 Å². The van der Waals surface area contributed by atoms with Crippen molar-refractivity contribution in [3.8, 4) is 34.1 Å². The molecule has 1 aromatic heterocycles. The number of esters is 2. The van der Waals surface area contributed by atoms with Gasteiger partial charge in [0.2, 0.25) is 5.76 Å². The Labute approximate surface area is 260 Å². The molecule has 3 aromatic carbocycles. The van der Waals surface area contributed by atoms with E-state index in [1.54, 1.807) is 24.3 Å². The second-order valence-corrected chi connectivity index (χ2v) is 9.22. The van der Waals surface area contributed by atoms with E-state index in [2.05, 4.69) is 0 Å². The van der Waals surface area contributed by atoms with Crippen molar-refractivity contribution in [1.82, 2.24) is 0 Å². The topological polar surface area (TPSA) is 115 Å². The normalized spacial score (nSPS) is 10.0. The van der Waals surface area contributed by atoms with Crippen LogP contribution in [0, 0.1) is 0 Å². The molecule has 8 nitrogen and oxygen atoms in total. The number of unbranched alkanes of at least 4 members (excludes halogenated alkanes) is 5. The summed E-state index contributed by atoms with van der Waals surface area (Å²) in [6.45, 7) is 8.91. The van der Waals surface area contributed by atoms with Gasteiger partial charge in [-0.3, -0.25) is 0 Å². The number of phenolic OH excluding ortho intramolecular Hbond substituents is 2. The van der Waals surface area contributed by atoms with Crippen molar-refractivity contribution in [2.45, 2.75) is 66.2 Å². The first-order chi connectivity index (χ1) is 21.5. The number of carbonyl (C=O) groups is 2. The summed E-state index contributed by atoms with van der Waals surface area (Å²) < 4.78 is 21.4. The second kappa shape index (κ2) is 20.2. The summed E-state index contributed by atoms with van der Waals surface area (Å²) in [5.74, 6) is -0.0645. The predicted molar refractivity (Wildman–Crippen MR) is 171 cm³/mol. The molecule has 0 aliphatic rings. The molecule has 0 saturated carbocycles. The Morgan fingerprint density at radius 1 is 0.659 bits per heavy atom. The molecular weight excluding hydrogens is 560 g/mol. The molecule has 236 valence electrons. The zero-order valence-corrected chi connectivity index (χ0v) is 26.1. The fraction of sp³-hybridized carbons (Fsp3) is 0.333. The van der Waals surface area contributed by atoms with E-state index in [0.717, 1.165) is 55.4 Å². The third-order valence-electron chi connectivity index (χ3n) is 6.22. The van der Waals surface area contributed by atoms with Crippen molar-refractivity contribution in [3.63, 3.8) is 0 Å². The minimum absolute atomic E-state index is 0.0324. The average molecular weight is 605 g/mol. The zero-order valence-electron chi connectivity index (χ0n) is 26.1. The molecule has 1 heterocycles. The molecule has 0 fully saturated rings. The van der Waals surface area contributed by atoms with Gasteiger partial charge < -0.3 is 28.8 Å². The molecule has 0 amide bonds. The van der Waals surface area contributed by atoms with Crippen LogP contribution >= 0.6 is 0 Å². The van der Waals surface area contributed by atoms with Gasteiger partial charge in [-0.25, -0.2) is 9.59 Å². The van der Waals surface area contributed by atoms with E-state index in [1.807, 2.05) is 64.1 Å². The van der Waals surface area contributed by atoms with Crippen LogP contribution in [0.4, 0.5) is 0 Å². The van der Waals surface area contributed by atoms with Gasteiger partial charge in [0.05, 0.1) is 19.5 Å². The summed E-state index contributed by atoms with van der Waals surface area (Å²) in [6, 6.07) is 22.1. The summed E-state index contributed by atoms with van der Waals surface area (Å²) in [6.07, 6.45) is 7.21. The second-order valence-electron chi connectivity index (χ2n) is 9.22. The summed E-state index contributed by atoms with van der Waals surface area (Å²) in [5, 5.41) is 19.1. The van der Waals surface area contributed by atoms with Crippen molar-refractivity contribution in [3.05, 3.63) is 96.4 Å². The van der Waals surface area contributed by atoms with Gasteiger partial charge in [-0.05, 0) is 78.6 Å². The molecule has 2 N–H and O–H groups in total. The van der Waals surface area contributed by atoms with Crippen LogP contribution in [-0.4, -0.2) is 35.4 Å². The molecule has 0 aliphatic carbocycles. The maximum absolute atomic E-state index is 12.0. The molecule has 0 radical (unpaired) electrons. The van der Waals surface area contributed by atoms with Crippen molar-refractivity contribution < 1.29 is 38.4 Å². The van der Waals surface area contributed by atoms with E-state index in [0.29, 0.717) is 12.4 Å². The lowest BCUT2D eigenvalue weighted by molar-refractivity contribution is 0.0493. The first kappa shape index (κ1) is 35.5. The largest absolute Gasteiger partial charge is 0.508 e. The summed E-state index contributed by atoms with van der Waals surface area (Å²) >= 11 is 0. The third kappa shape index (κ3) is 11.9. The summed E-state index contributed by atoms with van der Waals surface area (Å²) in [5.41, 5.74) is 1.99. The van der Waals surface area contributed by atoms with Gasteiger partial charge in [0.1, 0.15) is 28.6 Å². The molecule has 0 atom stereocenters. The number of phenols is 2. The standard InChI is InChI=1S/C32H32O8.2C2H6/c33-25-13-18-29(34)28(22-25)31(35)39-20-6-4-2-1-3-5-19-37-26-14-9-23(10-15-26)24-11-16-27(17-12-24)40-32(36)30-8-7-21-38-30;2*1-2/h7-18,21-22,33-34H,1-6,19-20H2;2*1-2H3. The molecule has 0 bridgehead atoms. The number of carbonyl (C=O) groups excluding carboxylic acids is 2. The molecule has 0 unspecified atom stereocenters. The van der Waals surface area contributed by atoms with Gasteiger partial charge >= 0.3 is 11.9 Å². The summed E-state index contributed by atoms with van der Waals surface area (Å²) in [7, 11) is 0. The Morgan fingerprint density at radius 2 is 1.23 bits per heavy atom. The number of furan rings is 1. The Kier molecular flexibility index (Phi) is 16.3. The molecule has 4 rings (SSSR count). The van der Waals surface area contributed by atoms with Crippen molar-refractivity contribution in [1.29, 1.82) is 0 Å². The van der Waals surface area contributed by atoms with Gasteiger partial charge in [0, 0.05) is 0 Å². The van der Waals surface area contributed by atoms with Gasteiger partial charge in [-0.15, -0.1) is 0 Å². The lowest BCUT2D eigenvalue weighted by Crippen LogP contribution is -2.06. The van der Waals surface area contributed by atoms with Crippen molar-refractivity contribution in [2.24, 2.45) is 0 Å². The van der Waals surface area contributed by atoms with E-state index >= 15 is 0 Å². The zero-order chi connectivity index (χ0) is 32.2. The van der Waals surface area contributed by atoms with E-state index < -0.39 is 11.9 Å². The highest BCUT2D eigenvalue weighted by molar-refractivity contribution is 5.92. The Hall–Kier alpha value is -4.72. The predicted octanol–water partition coefficient (Wildman–Crippen LogP) is 9.21. The van der Waals surface area contributed by atoms with Crippen LogP contribution in [-0.2, 0) is 4.74 Å².